The van der Waals surface area contributed by atoms with Crippen molar-refractivity contribution in [1.82, 2.24) is 20.2 Å². The average molecular weight is 376 g/mol. The zero-order valence-corrected chi connectivity index (χ0v) is 15.3. The van der Waals surface area contributed by atoms with Crippen molar-refractivity contribution in [2.24, 2.45) is 5.92 Å². The van der Waals surface area contributed by atoms with Gasteiger partial charge in [0.05, 0.1) is 12.9 Å². The molecule has 142 valence electrons. The third kappa shape index (κ3) is 4.09. The third-order valence-corrected chi connectivity index (χ3v) is 4.59. The van der Waals surface area contributed by atoms with Crippen molar-refractivity contribution in [1.29, 1.82) is 0 Å². The summed E-state index contributed by atoms with van der Waals surface area (Å²) < 4.78 is 12.4. The molecule has 0 bridgehead atoms. The first-order valence-electron chi connectivity index (χ1n) is 9.23. The van der Waals surface area contributed by atoms with Gasteiger partial charge in [-0.1, -0.05) is 42.5 Å². The second-order valence-corrected chi connectivity index (χ2v) is 6.57. The lowest BCUT2D eigenvalue weighted by atomic mass is 9.95. The fourth-order valence-corrected chi connectivity index (χ4v) is 3.11. The molecule has 0 amide bonds. The summed E-state index contributed by atoms with van der Waals surface area (Å²) in [4.78, 5) is 12.9. The Morgan fingerprint density at radius 3 is 2.86 bits per heavy atom. The minimum absolute atomic E-state index is 0.199. The molecule has 1 aliphatic carbocycles. The van der Waals surface area contributed by atoms with Crippen LogP contribution in [-0.4, -0.2) is 32.8 Å². The summed E-state index contributed by atoms with van der Waals surface area (Å²) in [6.45, 7) is 0.363. The van der Waals surface area contributed by atoms with Gasteiger partial charge >= 0.3 is 5.97 Å². The molecule has 1 unspecified atom stereocenters. The van der Waals surface area contributed by atoms with Crippen molar-refractivity contribution in [3.63, 3.8) is 0 Å². The van der Waals surface area contributed by atoms with Gasteiger partial charge in [-0.05, 0) is 47.7 Å². The molecule has 4 rings (SSSR count). The van der Waals surface area contributed by atoms with Crippen LogP contribution in [0.4, 0.5) is 0 Å². The summed E-state index contributed by atoms with van der Waals surface area (Å²) in [7, 11) is 0. The van der Waals surface area contributed by atoms with E-state index in [-0.39, 0.29) is 5.70 Å². The average Bonchev–Trinajstić information content (AvgIpc) is 3.43. The molecule has 7 heteroatoms. The minimum atomic E-state index is -0.490. The maximum atomic E-state index is 12.9. The molecule has 3 aromatic rings. The molecule has 1 aromatic carbocycles. The fourth-order valence-electron chi connectivity index (χ4n) is 3.11. The lowest BCUT2D eigenvalue weighted by Crippen LogP contribution is -2.19. The number of esters is 1. The van der Waals surface area contributed by atoms with E-state index < -0.39 is 5.97 Å². The first-order chi connectivity index (χ1) is 13.8. The maximum Gasteiger partial charge on any atom is 0.357 e. The number of ether oxygens (including phenoxy) is 1. The highest BCUT2D eigenvalue weighted by molar-refractivity contribution is 6.15. The molecule has 2 heterocycles. The number of aromatic nitrogens is 4. The van der Waals surface area contributed by atoms with Crippen LogP contribution in [0.3, 0.4) is 0 Å². The number of carbonyl (C=O) groups is 1. The summed E-state index contributed by atoms with van der Waals surface area (Å²) in [5.74, 6) is 0.815. The van der Waals surface area contributed by atoms with E-state index in [0.29, 0.717) is 24.1 Å². The topological polar surface area (TPSA) is 83.0 Å². The minimum Gasteiger partial charge on any atom is -0.465 e. The Hall–Kier alpha value is -3.48. The van der Waals surface area contributed by atoms with E-state index in [0.717, 1.165) is 24.8 Å². The van der Waals surface area contributed by atoms with E-state index in [1.54, 1.807) is 24.5 Å². The van der Waals surface area contributed by atoms with E-state index in [9.17, 15) is 4.79 Å². The number of nitrogens with zero attached hydrogens (tertiary/aromatic N) is 4. The summed E-state index contributed by atoms with van der Waals surface area (Å²) in [5, 5.41) is 11.9. The first-order valence-corrected chi connectivity index (χ1v) is 9.23. The van der Waals surface area contributed by atoms with Gasteiger partial charge in [0.2, 0.25) is 0 Å². The molecule has 0 fully saturated rings. The normalized spacial score (nSPS) is 16.9. The number of hydrogen-bond acceptors (Lipinski definition) is 6. The Morgan fingerprint density at radius 1 is 1.21 bits per heavy atom. The third-order valence-electron chi connectivity index (χ3n) is 4.59. The highest BCUT2D eigenvalue weighted by Crippen LogP contribution is 2.23. The van der Waals surface area contributed by atoms with Crippen molar-refractivity contribution in [2.75, 3.05) is 6.61 Å². The van der Waals surface area contributed by atoms with E-state index in [4.69, 9.17) is 9.15 Å². The predicted molar refractivity (Wildman–Crippen MR) is 104 cm³/mol. The van der Waals surface area contributed by atoms with Crippen molar-refractivity contribution >= 4 is 17.7 Å². The van der Waals surface area contributed by atoms with Gasteiger partial charge in [-0.25, -0.2) is 4.79 Å². The molecule has 0 radical (unpaired) electrons. The highest BCUT2D eigenvalue weighted by atomic mass is 16.5. The SMILES string of the molecule is O=C(OCC1CC=CCC1)C(=Cc1ccco1)n1nnnc1-c1ccccc1. The second kappa shape index (κ2) is 8.47. The number of allylic oxidation sites excluding steroid dienone is 2. The molecule has 0 saturated carbocycles. The summed E-state index contributed by atoms with van der Waals surface area (Å²) in [6.07, 6.45) is 10.4. The van der Waals surface area contributed by atoms with Gasteiger partial charge in [-0.2, -0.15) is 4.68 Å². The molecule has 2 aromatic heterocycles. The van der Waals surface area contributed by atoms with Gasteiger partial charge in [0, 0.05) is 11.6 Å². The largest absolute Gasteiger partial charge is 0.465 e. The molecule has 28 heavy (non-hydrogen) atoms. The Kier molecular flexibility index (Phi) is 5.42. The number of rotatable bonds is 6. The first kappa shape index (κ1) is 17.9. The van der Waals surface area contributed by atoms with Gasteiger partial charge in [0.15, 0.2) is 11.5 Å². The van der Waals surface area contributed by atoms with Crippen LogP contribution >= 0.6 is 0 Å². The van der Waals surface area contributed by atoms with Crippen LogP contribution in [0.15, 0.2) is 65.3 Å². The predicted octanol–water partition coefficient (Wildman–Crippen LogP) is 3.83. The van der Waals surface area contributed by atoms with Crippen LogP contribution in [0.1, 0.15) is 25.0 Å². The molecule has 1 atom stereocenters. The Morgan fingerprint density at radius 2 is 2.11 bits per heavy atom. The van der Waals surface area contributed by atoms with Crippen molar-refractivity contribution in [3.8, 4) is 11.4 Å². The molecular formula is C21H20N4O3. The molecule has 0 aliphatic heterocycles. The smallest absolute Gasteiger partial charge is 0.357 e. The molecule has 0 saturated heterocycles. The van der Waals surface area contributed by atoms with E-state index >= 15 is 0 Å². The standard InChI is InChI=1S/C21H20N4O3/c26-21(28-15-16-8-3-1-4-9-16)19(14-18-12-7-13-27-18)25-20(22-23-24-25)17-10-5-2-6-11-17/h1-3,5-7,10-14,16H,4,8-9,15H2. The summed E-state index contributed by atoms with van der Waals surface area (Å²) >= 11 is 0. The monoisotopic (exact) mass is 376 g/mol. The van der Waals surface area contributed by atoms with Crippen molar-refractivity contribution in [2.45, 2.75) is 19.3 Å². The van der Waals surface area contributed by atoms with Crippen LogP contribution < -0.4 is 0 Å². The number of benzene rings is 1. The molecule has 1 aliphatic rings. The maximum absolute atomic E-state index is 12.9. The number of tetrazole rings is 1. The molecule has 0 N–H and O–H groups in total. The second-order valence-electron chi connectivity index (χ2n) is 6.57. The molecular weight excluding hydrogens is 356 g/mol. The van der Waals surface area contributed by atoms with Crippen molar-refractivity contribution in [3.05, 3.63) is 66.6 Å². The van der Waals surface area contributed by atoms with Gasteiger partial charge in [0.25, 0.3) is 0 Å². The van der Waals surface area contributed by atoms with Gasteiger partial charge in [0.1, 0.15) is 5.76 Å². The Labute approximate surface area is 162 Å². The zero-order chi connectivity index (χ0) is 19.2. The fraction of sp³-hybridized carbons (Fsp3) is 0.238. The van der Waals surface area contributed by atoms with E-state index in [2.05, 4.69) is 27.7 Å². The van der Waals surface area contributed by atoms with Crippen LogP contribution in [0.5, 0.6) is 0 Å². The van der Waals surface area contributed by atoms with Crippen LogP contribution in [-0.2, 0) is 9.53 Å². The van der Waals surface area contributed by atoms with E-state index in [1.165, 1.54) is 4.68 Å². The van der Waals surface area contributed by atoms with Crippen LogP contribution in [0.2, 0.25) is 0 Å². The number of carbonyl (C=O) groups excluding carboxylic acids is 1. The Balaban J connectivity index is 1.63. The van der Waals surface area contributed by atoms with Crippen LogP contribution in [0.25, 0.3) is 23.2 Å². The highest BCUT2D eigenvalue weighted by Gasteiger charge is 2.22. The molecule has 0 spiro atoms. The Bertz CT molecular complexity index is 974. The lowest BCUT2D eigenvalue weighted by molar-refractivity contribution is -0.138. The van der Waals surface area contributed by atoms with E-state index in [1.807, 2.05) is 30.3 Å². The van der Waals surface area contributed by atoms with Crippen molar-refractivity contribution < 1.29 is 13.9 Å². The summed E-state index contributed by atoms with van der Waals surface area (Å²) in [5.41, 5.74) is 0.994. The molecule has 7 nitrogen and oxygen atoms in total. The summed E-state index contributed by atoms with van der Waals surface area (Å²) in [6, 6.07) is 13.0. The quantitative estimate of drug-likeness (QED) is 0.369. The van der Waals surface area contributed by atoms with Gasteiger partial charge in [-0.15, -0.1) is 5.10 Å². The van der Waals surface area contributed by atoms with Gasteiger partial charge in [-0.3, -0.25) is 0 Å². The zero-order valence-electron chi connectivity index (χ0n) is 15.3. The number of hydrogen-bond donors (Lipinski definition) is 0. The van der Waals surface area contributed by atoms with Crippen LogP contribution in [0, 0.1) is 5.92 Å². The number of furan rings is 1. The lowest BCUT2D eigenvalue weighted by Gasteiger charge is -2.18. The van der Waals surface area contributed by atoms with Gasteiger partial charge < -0.3 is 9.15 Å².